The maximum Gasteiger partial charge on any atom is 0.416 e. The first-order valence-electron chi connectivity index (χ1n) is 12.7. The number of imidazole rings is 1. The Morgan fingerprint density at radius 3 is 2.32 bits per heavy atom. The van der Waals surface area contributed by atoms with Crippen LogP contribution in [0.3, 0.4) is 0 Å². The van der Waals surface area contributed by atoms with Gasteiger partial charge in [-0.1, -0.05) is 36.4 Å². The third-order valence-corrected chi connectivity index (χ3v) is 6.54. The number of carbonyl (C=O) groups excluding carboxylic acids is 1. The van der Waals surface area contributed by atoms with E-state index in [1.54, 1.807) is 6.92 Å². The molecule has 3 aromatic rings. The van der Waals surface area contributed by atoms with Crippen LogP contribution in [-0.4, -0.2) is 41.1 Å². The molecule has 0 atom stereocenters. The van der Waals surface area contributed by atoms with E-state index in [0.29, 0.717) is 32.7 Å². The van der Waals surface area contributed by atoms with Gasteiger partial charge in [-0.05, 0) is 69.1 Å². The van der Waals surface area contributed by atoms with Gasteiger partial charge < -0.3 is 19.5 Å². The van der Waals surface area contributed by atoms with Crippen LogP contribution in [0.4, 0.5) is 13.2 Å². The van der Waals surface area contributed by atoms with E-state index in [9.17, 15) is 18.0 Å². The SMILES string of the molecule is CCOC(=O)C1=C(NCc2ncc(CN(C)C)n2Cc2ccc(-c3ccc(C(F)(F)F)cc3)cc2)CCC1. The van der Waals surface area contributed by atoms with Gasteiger partial charge in [0.05, 0.1) is 30.0 Å². The molecular formula is C29H33F3N4O2. The molecular weight excluding hydrogens is 493 g/mol. The summed E-state index contributed by atoms with van der Waals surface area (Å²) in [5, 5.41) is 3.43. The highest BCUT2D eigenvalue weighted by Gasteiger charge is 2.30. The van der Waals surface area contributed by atoms with Crippen LogP contribution in [0.2, 0.25) is 0 Å². The number of hydrogen-bond donors (Lipinski definition) is 1. The number of aromatic nitrogens is 2. The highest BCUT2D eigenvalue weighted by Crippen LogP contribution is 2.31. The molecule has 0 unspecified atom stereocenters. The van der Waals surface area contributed by atoms with Crippen LogP contribution in [0.25, 0.3) is 11.1 Å². The van der Waals surface area contributed by atoms with E-state index in [1.807, 2.05) is 44.6 Å². The lowest BCUT2D eigenvalue weighted by Gasteiger charge is -2.17. The minimum atomic E-state index is -4.35. The number of ether oxygens (including phenoxy) is 1. The van der Waals surface area contributed by atoms with Crippen molar-refractivity contribution in [2.24, 2.45) is 0 Å². The van der Waals surface area contributed by atoms with Crippen LogP contribution in [-0.2, 0) is 35.3 Å². The van der Waals surface area contributed by atoms with Crippen molar-refractivity contribution < 1.29 is 22.7 Å². The number of alkyl halides is 3. The third kappa shape index (κ3) is 6.64. The molecule has 1 heterocycles. The Morgan fingerprint density at radius 2 is 1.71 bits per heavy atom. The number of nitrogens with one attached hydrogen (secondary N) is 1. The molecule has 4 rings (SSSR count). The second kappa shape index (κ2) is 11.9. The zero-order valence-electron chi connectivity index (χ0n) is 21.9. The van der Waals surface area contributed by atoms with E-state index >= 15 is 0 Å². The Labute approximate surface area is 221 Å². The van der Waals surface area contributed by atoms with Gasteiger partial charge in [-0.25, -0.2) is 9.78 Å². The van der Waals surface area contributed by atoms with Crippen molar-refractivity contribution in [2.45, 2.75) is 52.0 Å². The molecule has 2 aromatic carbocycles. The van der Waals surface area contributed by atoms with E-state index < -0.39 is 11.7 Å². The molecule has 1 N–H and O–H groups in total. The van der Waals surface area contributed by atoms with Crippen molar-refractivity contribution >= 4 is 5.97 Å². The van der Waals surface area contributed by atoms with E-state index in [4.69, 9.17) is 4.74 Å². The largest absolute Gasteiger partial charge is 0.463 e. The summed E-state index contributed by atoms with van der Waals surface area (Å²) in [6.07, 6.45) is -0.0265. The van der Waals surface area contributed by atoms with Gasteiger partial charge in [-0.2, -0.15) is 13.2 Å². The number of carbonyl (C=O) groups is 1. The number of nitrogens with zero attached hydrogens (tertiary/aromatic N) is 3. The molecule has 1 aliphatic carbocycles. The minimum Gasteiger partial charge on any atom is -0.463 e. The Hall–Kier alpha value is -3.59. The topological polar surface area (TPSA) is 59.4 Å². The summed E-state index contributed by atoms with van der Waals surface area (Å²) in [6, 6.07) is 13.0. The predicted octanol–water partition coefficient (Wildman–Crippen LogP) is 5.77. The van der Waals surface area contributed by atoms with Crippen molar-refractivity contribution in [2.75, 3.05) is 20.7 Å². The zero-order chi connectivity index (χ0) is 27.3. The standard InChI is InChI=1S/C29H33F3N4O2/c1-4-38-28(37)25-6-5-7-26(25)33-17-27-34-16-24(19-35(2)3)36(27)18-20-8-10-21(11-9-20)22-12-14-23(15-13-22)29(30,31)32/h8-16,33H,4-7,17-19H2,1-3H3. The molecule has 1 aromatic heterocycles. The summed E-state index contributed by atoms with van der Waals surface area (Å²) < 4.78 is 46.0. The van der Waals surface area contributed by atoms with Gasteiger partial charge in [-0.15, -0.1) is 0 Å². The van der Waals surface area contributed by atoms with Crippen LogP contribution in [0.15, 0.2) is 66.0 Å². The molecule has 1 aliphatic rings. The summed E-state index contributed by atoms with van der Waals surface area (Å²) >= 11 is 0. The Balaban J connectivity index is 1.51. The number of rotatable bonds is 10. The first-order chi connectivity index (χ1) is 18.2. The summed E-state index contributed by atoms with van der Waals surface area (Å²) in [4.78, 5) is 19.0. The molecule has 0 saturated carbocycles. The van der Waals surface area contributed by atoms with Crippen molar-refractivity contribution in [3.8, 4) is 11.1 Å². The normalized spacial score (nSPS) is 13.9. The maximum atomic E-state index is 12.9. The molecule has 0 spiro atoms. The summed E-state index contributed by atoms with van der Waals surface area (Å²) in [5.74, 6) is 0.605. The molecule has 0 fully saturated rings. The number of hydrogen-bond acceptors (Lipinski definition) is 5. The highest BCUT2D eigenvalue weighted by molar-refractivity contribution is 5.89. The molecule has 0 saturated heterocycles. The molecule has 38 heavy (non-hydrogen) atoms. The number of allylic oxidation sites excluding steroid dienone is 1. The van der Waals surface area contributed by atoms with E-state index in [-0.39, 0.29) is 5.97 Å². The molecule has 0 aliphatic heterocycles. The quantitative estimate of drug-likeness (QED) is 0.340. The van der Waals surface area contributed by atoms with E-state index in [1.165, 1.54) is 12.1 Å². The fraction of sp³-hybridized carbons (Fsp3) is 0.379. The average Bonchev–Trinajstić information content (AvgIpc) is 3.50. The molecule has 9 heteroatoms. The number of halogens is 3. The van der Waals surface area contributed by atoms with Crippen LogP contribution in [0, 0.1) is 0 Å². The van der Waals surface area contributed by atoms with Gasteiger partial charge in [0.2, 0.25) is 0 Å². The Morgan fingerprint density at radius 1 is 1.05 bits per heavy atom. The van der Waals surface area contributed by atoms with E-state index in [2.05, 4.69) is 19.8 Å². The lowest BCUT2D eigenvalue weighted by atomic mass is 10.0. The fourth-order valence-electron chi connectivity index (χ4n) is 4.64. The van der Waals surface area contributed by atoms with Gasteiger partial charge in [-0.3, -0.25) is 0 Å². The minimum absolute atomic E-state index is 0.253. The lowest BCUT2D eigenvalue weighted by Crippen LogP contribution is -2.21. The smallest absolute Gasteiger partial charge is 0.416 e. The van der Waals surface area contributed by atoms with Crippen molar-refractivity contribution in [3.63, 3.8) is 0 Å². The molecule has 0 bridgehead atoms. The van der Waals surface area contributed by atoms with Gasteiger partial charge in [0.1, 0.15) is 5.82 Å². The Bertz CT molecular complexity index is 1280. The fourth-order valence-corrected chi connectivity index (χ4v) is 4.64. The van der Waals surface area contributed by atoms with Gasteiger partial charge >= 0.3 is 12.1 Å². The second-order valence-corrected chi connectivity index (χ2v) is 9.65. The van der Waals surface area contributed by atoms with Crippen LogP contribution in [0.5, 0.6) is 0 Å². The first kappa shape index (κ1) is 27.4. The molecule has 202 valence electrons. The maximum absolute atomic E-state index is 12.9. The van der Waals surface area contributed by atoms with Crippen LogP contribution in [0.1, 0.15) is 48.8 Å². The van der Waals surface area contributed by atoms with Gasteiger partial charge in [0.15, 0.2) is 0 Å². The van der Waals surface area contributed by atoms with E-state index in [0.717, 1.165) is 64.5 Å². The highest BCUT2D eigenvalue weighted by atomic mass is 19.4. The first-order valence-corrected chi connectivity index (χ1v) is 12.7. The summed E-state index contributed by atoms with van der Waals surface area (Å²) in [7, 11) is 4.01. The molecule has 6 nitrogen and oxygen atoms in total. The lowest BCUT2D eigenvalue weighted by molar-refractivity contribution is -0.139. The zero-order valence-corrected chi connectivity index (χ0v) is 21.9. The second-order valence-electron chi connectivity index (χ2n) is 9.65. The van der Waals surface area contributed by atoms with Crippen LogP contribution >= 0.6 is 0 Å². The summed E-state index contributed by atoms with van der Waals surface area (Å²) in [6.45, 7) is 3.95. The number of benzene rings is 2. The van der Waals surface area contributed by atoms with Gasteiger partial charge in [0, 0.05) is 25.0 Å². The summed E-state index contributed by atoms with van der Waals surface area (Å²) in [5.41, 5.74) is 4.67. The van der Waals surface area contributed by atoms with Crippen molar-refractivity contribution in [1.82, 2.24) is 19.8 Å². The average molecular weight is 527 g/mol. The monoisotopic (exact) mass is 526 g/mol. The van der Waals surface area contributed by atoms with Crippen molar-refractivity contribution in [3.05, 3.63) is 88.6 Å². The van der Waals surface area contributed by atoms with Gasteiger partial charge in [0.25, 0.3) is 0 Å². The molecule has 0 radical (unpaired) electrons. The third-order valence-electron chi connectivity index (χ3n) is 6.54. The van der Waals surface area contributed by atoms with Crippen LogP contribution < -0.4 is 5.32 Å². The van der Waals surface area contributed by atoms with Crippen molar-refractivity contribution in [1.29, 1.82) is 0 Å². The number of esters is 1. The predicted molar refractivity (Wildman–Crippen MR) is 140 cm³/mol. The molecule has 0 amide bonds. The Kier molecular flexibility index (Phi) is 8.56.